The van der Waals surface area contributed by atoms with Crippen LogP contribution in [0.5, 0.6) is 0 Å². The van der Waals surface area contributed by atoms with Crippen molar-refractivity contribution in [3.8, 4) is 0 Å². The van der Waals surface area contributed by atoms with Crippen molar-refractivity contribution < 1.29 is 35.4 Å². The highest BCUT2D eigenvalue weighted by Gasteiger charge is 2.67. The summed E-state index contributed by atoms with van der Waals surface area (Å²) >= 11 is 0. The molecule has 0 bridgehead atoms. The first-order valence-corrected chi connectivity index (χ1v) is 12.7. The first-order valence-electron chi connectivity index (χ1n) is 12.7. The van der Waals surface area contributed by atoms with E-state index in [1.54, 1.807) is 20.8 Å². The van der Waals surface area contributed by atoms with E-state index in [1.807, 2.05) is 19.9 Å². The average Bonchev–Trinajstić information content (AvgIpc) is 3.00. The second-order valence-electron chi connectivity index (χ2n) is 12.8. The average molecular weight is 479 g/mol. The third-order valence-corrected chi connectivity index (χ3v) is 9.95. The molecule has 3 unspecified atom stereocenters. The topological polar surface area (TPSA) is 138 Å². The number of hydrogen-bond donors (Lipinski definition) is 6. The summed E-state index contributed by atoms with van der Waals surface area (Å²) in [6, 6.07) is 0. The highest BCUT2D eigenvalue weighted by atomic mass is 16.3. The molecule has 0 heterocycles. The molecule has 2 saturated carbocycles. The summed E-state index contributed by atoms with van der Waals surface area (Å²) in [7, 11) is 0. The minimum Gasteiger partial charge on any atom is -0.390 e. The molecule has 2 fully saturated rings. The van der Waals surface area contributed by atoms with Gasteiger partial charge in [0.25, 0.3) is 0 Å². The van der Waals surface area contributed by atoms with Crippen molar-refractivity contribution in [3.63, 3.8) is 0 Å². The lowest BCUT2D eigenvalue weighted by atomic mass is 9.49. The molecule has 0 spiro atoms. The predicted molar refractivity (Wildman–Crippen MR) is 127 cm³/mol. The lowest BCUT2D eigenvalue weighted by Gasteiger charge is -2.57. The van der Waals surface area contributed by atoms with Crippen LogP contribution < -0.4 is 0 Å². The van der Waals surface area contributed by atoms with Gasteiger partial charge in [-0.05, 0) is 88.9 Å². The third kappa shape index (κ3) is 3.66. The Morgan fingerprint density at radius 3 is 2.38 bits per heavy atom. The molecule has 4 aliphatic rings. The highest BCUT2D eigenvalue weighted by molar-refractivity contribution is 5.97. The van der Waals surface area contributed by atoms with E-state index in [0.717, 1.165) is 5.57 Å². The number of aliphatic hydroxyl groups is 6. The van der Waals surface area contributed by atoms with Crippen molar-refractivity contribution in [3.05, 3.63) is 23.3 Å². The largest absolute Gasteiger partial charge is 0.390 e. The van der Waals surface area contributed by atoms with Gasteiger partial charge < -0.3 is 30.6 Å². The molecule has 7 heteroatoms. The fraction of sp³-hybridized carbons (Fsp3) is 0.815. The van der Waals surface area contributed by atoms with Crippen molar-refractivity contribution in [2.75, 3.05) is 0 Å². The molecular formula is C27H42O7. The van der Waals surface area contributed by atoms with E-state index in [2.05, 4.69) is 0 Å². The normalized spacial score (nSPS) is 44.9. The monoisotopic (exact) mass is 478 g/mol. The maximum absolute atomic E-state index is 13.2. The van der Waals surface area contributed by atoms with Crippen LogP contribution in [0.15, 0.2) is 23.3 Å². The summed E-state index contributed by atoms with van der Waals surface area (Å²) in [6.45, 7) is 8.81. The Balaban J connectivity index is 1.70. The van der Waals surface area contributed by atoms with Crippen LogP contribution in [-0.2, 0) is 4.79 Å². The number of aliphatic hydroxyl groups excluding tert-OH is 3. The lowest BCUT2D eigenvalue weighted by Crippen LogP contribution is -2.60. The first-order chi connectivity index (χ1) is 15.5. The van der Waals surface area contributed by atoms with Crippen LogP contribution in [0.4, 0.5) is 0 Å². The van der Waals surface area contributed by atoms with Crippen molar-refractivity contribution in [2.24, 2.45) is 22.7 Å². The van der Waals surface area contributed by atoms with Gasteiger partial charge in [0.05, 0.1) is 35.1 Å². The molecule has 9 atom stereocenters. The van der Waals surface area contributed by atoms with E-state index >= 15 is 0 Å². The molecule has 0 amide bonds. The Bertz CT molecular complexity index is 914. The number of ketones is 1. The Labute approximate surface area is 202 Å². The van der Waals surface area contributed by atoms with E-state index in [4.69, 9.17) is 0 Å². The SMILES string of the molecule is CC(C)(O)CCC(O)C(C)(O)[C@H]1CC[C@@]2(O)C3=CC(=O)C4C[C@@H](O)[C@@H](O)C[C@]4(C)C3=CC[C@]12C. The number of hydrogen-bond acceptors (Lipinski definition) is 7. The molecule has 0 saturated heterocycles. The quantitative estimate of drug-likeness (QED) is 0.354. The van der Waals surface area contributed by atoms with Gasteiger partial charge in [0.15, 0.2) is 5.78 Å². The van der Waals surface area contributed by atoms with Gasteiger partial charge in [0.1, 0.15) is 0 Å². The van der Waals surface area contributed by atoms with Gasteiger partial charge in [-0.15, -0.1) is 0 Å². The number of allylic oxidation sites excluding steroid dienone is 2. The maximum atomic E-state index is 13.2. The minimum absolute atomic E-state index is 0.140. The number of fused-ring (bicyclic) bond motifs is 5. The summed E-state index contributed by atoms with van der Waals surface area (Å²) < 4.78 is 0. The van der Waals surface area contributed by atoms with Crippen molar-refractivity contribution in [1.29, 1.82) is 0 Å². The lowest BCUT2D eigenvalue weighted by molar-refractivity contribution is -0.157. The van der Waals surface area contributed by atoms with Gasteiger partial charge in [-0.25, -0.2) is 0 Å². The summed E-state index contributed by atoms with van der Waals surface area (Å²) in [4.78, 5) is 13.2. The fourth-order valence-corrected chi connectivity index (χ4v) is 7.68. The summed E-state index contributed by atoms with van der Waals surface area (Å²) in [5.41, 5.74) is -3.86. The molecule has 0 radical (unpaired) electrons. The highest BCUT2D eigenvalue weighted by Crippen LogP contribution is 2.66. The Morgan fingerprint density at radius 2 is 1.76 bits per heavy atom. The van der Waals surface area contributed by atoms with Gasteiger partial charge in [-0.3, -0.25) is 4.79 Å². The second-order valence-corrected chi connectivity index (χ2v) is 12.8. The molecule has 0 aliphatic heterocycles. The van der Waals surface area contributed by atoms with Crippen molar-refractivity contribution in [2.45, 2.75) is 115 Å². The molecule has 0 aromatic carbocycles. The molecule has 34 heavy (non-hydrogen) atoms. The molecule has 0 aromatic rings. The summed E-state index contributed by atoms with van der Waals surface area (Å²) in [6.07, 6.45) is 2.92. The van der Waals surface area contributed by atoms with E-state index in [0.29, 0.717) is 31.3 Å². The second kappa shape index (κ2) is 7.95. The Kier molecular flexibility index (Phi) is 6.08. The van der Waals surface area contributed by atoms with Crippen LogP contribution in [0.1, 0.15) is 79.6 Å². The number of carbonyl (C=O) groups excluding carboxylic acids is 1. The maximum Gasteiger partial charge on any atom is 0.160 e. The molecule has 4 rings (SSSR count). The Morgan fingerprint density at radius 1 is 1.12 bits per heavy atom. The van der Waals surface area contributed by atoms with Crippen LogP contribution in [0, 0.1) is 22.7 Å². The van der Waals surface area contributed by atoms with Crippen molar-refractivity contribution >= 4 is 5.78 Å². The molecule has 6 N–H and O–H groups in total. The van der Waals surface area contributed by atoms with Crippen LogP contribution in [-0.4, -0.2) is 71.5 Å². The van der Waals surface area contributed by atoms with E-state index in [-0.39, 0.29) is 25.0 Å². The van der Waals surface area contributed by atoms with Crippen molar-refractivity contribution in [1.82, 2.24) is 0 Å². The van der Waals surface area contributed by atoms with Gasteiger partial charge in [-0.2, -0.15) is 0 Å². The first kappa shape index (κ1) is 26.0. The zero-order valence-corrected chi connectivity index (χ0v) is 21.1. The van der Waals surface area contributed by atoms with Crippen LogP contribution in [0.25, 0.3) is 0 Å². The fourth-order valence-electron chi connectivity index (χ4n) is 7.68. The minimum atomic E-state index is -1.49. The smallest absolute Gasteiger partial charge is 0.160 e. The van der Waals surface area contributed by atoms with E-state index in [1.165, 1.54) is 6.08 Å². The zero-order chi connectivity index (χ0) is 25.5. The third-order valence-electron chi connectivity index (χ3n) is 9.95. The van der Waals surface area contributed by atoms with Gasteiger partial charge >= 0.3 is 0 Å². The molecule has 192 valence electrons. The zero-order valence-electron chi connectivity index (χ0n) is 21.1. The summed E-state index contributed by atoms with van der Waals surface area (Å²) in [5, 5.41) is 65.3. The predicted octanol–water partition coefficient (Wildman–Crippen LogP) is 1.77. The van der Waals surface area contributed by atoms with E-state index < -0.39 is 57.8 Å². The number of carbonyl (C=O) groups is 1. The van der Waals surface area contributed by atoms with Crippen LogP contribution >= 0.6 is 0 Å². The van der Waals surface area contributed by atoms with E-state index in [9.17, 15) is 35.4 Å². The van der Waals surface area contributed by atoms with Gasteiger partial charge in [-0.1, -0.05) is 19.9 Å². The Hall–Kier alpha value is -1.09. The standard InChI is InChI=1S/C27H42O7/c1-23(2,32)9-8-22(31)26(5,33)21-7-11-27(34)16-12-18(28)17-13-19(29)20(30)14-24(17,3)15(16)6-10-25(21,27)4/h6,12,17,19-22,29-34H,7-11,13-14H2,1-5H3/t17?,19-,20+,21+,22?,24-,25-,26?,27-/m1/s1. The van der Waals surface area contributed by atoms with Crippen LogP contribution in [0.3, 0.4) is 0 Å². The molecule has 7 nitrogen and oxygen atoms in total. The summed E-state index contributed by atoms with van der Waals surface area (Å²) in [5.74, 6) is -1.02. The van der Waals surface area contributed by atoms with Gasteiger partial charge in [0, 0.05) is 16.7 Å². The molecule has 0 aromatic heterocycles. The molecule has 4 aliphatic carbocycles. The molecular weight excluding hydrogens is 436 g/mol. The van der Waals surface area contributed by atoms with Crippen LogP contribution in [0.2, 0.25) is 0 Å². The van der Waals surface area contributed by atoms with Gasteiger partial charge in [0.2, 0.25) is 0 Å². The number of rotatable bonds is 5.